The summed E-state index contributed by atoms with van der Waals surface area (Å²) in [4.78, 5) is 40.8. The topological polar surface area (TPSA) is 110 Å². The van der Waals surface area contributed by atoms with Crippen LogP contribution in [0.5, 0.6) is 0 Å². The highest BCUT2D eigenvalue weighted by atomic mass is 19.4. The predicted octanol–water partition coefficient (Wildman–Crippen LogP) is 4.27. The zero-order chi connectivity index (χ0) is 28.9. The molecule has 0 spiro atoms. The number of carbonyl (C=O) groups is 1. The first-order chi connectivity index (χ1) is 19.6. The van der Waals surface area contributed by atoms with Crippen molar-refractivity contribution in [3.05, 3.63) is 83.0 Å². The van der Waals surface area contributed by atoms with Crippen LogP contribution < -0.4 is 16.2 Å². The molecule has 2 N–H and O–H groups in total. The van der Waals surface area contributed by atoms with E-state index in [0.29, 0.717) is 40.5 Å². The van der Waals surface area contributed by atoms with E-state index in [1.807, 2.05) is 12.1 Å². The molecule has 1 aliphatic heterocycles. The van der Waals surface area contributed by atoms with Gasteiger partial charge in [0.15, 0.2) is 0 Å². The van der Waals surface area contributed by atoms with Crippen molar-refractivity contribution in [2.24, 2.45) is 0 Å². The fourth-order valence-corrected chi connectivity index (χ4v) is 5.26. The fraction of sp³-hybridized carbons (Fsp3) is 0.207. The van der Waals surface area contributed by atoms with Crippen LogP contribution in [0.25, 0.3) is 38.6 Å². The predicted molar refractivity (Wildman–Crippen MR) is 150 cm³/mol. The molecule has 41 heavy (non-hydrogen) atoms. The van der Waals surface area contributed by atoms with Gasteiger partial charge in [-0.3, -0.25) is 19.1 Å². The average molecular weight is 560 g/mol. The molecule has 1 aliphatic rings. The lowest BCUT2D eigenvalue weighted by molar-refractivity contribution is -0.137. The van der Waals surface area contributed by atoms with Crippen LogP contribution in [0, 0.1) is 0 Å². The Hall–Kier alpha value is -5.00. The second-order valence-corrected chi connectivity index (χ2v) is 9.82. The Morgan fingerprint density at radius 3 is 2.29 bits per heavy atom. The van der Waals surface area contributed by atoms with Gasteiger partial charge in [-0.2, -0.15) is 13.2 Å². The Bertz CT molecular complexity index is 1860. The number of amides is 1. The molecule has 0 atom stereocenters. The Balaban J connectivity index is 1.53. The minimum Gasteiger partial charge on any atom is -0.368 e. The second-order valence-electron chi connectivity index (χ2n) is 9.82. The number of nitrogen functional groups attached to an aromatic ring is 1. The average Bonchev–Trinajstić information content (AvgIpc) is 2.96. The van der Waals surface area contributed by atoms with E-state index in [2.05, 4.69) is 15.0 Å². The third kappa shape index (κ3) is 4.81. The lowest BCUT2D eigenvalue weighted by Crippen LogP contribution is -2.48. The van der Waals surface area contributed by atoms with Crippen molar-refractivity contribution < 1.29 is 18.0 Å². The molecule has 1 amide bonds. The van der Waals surface area contributed by atoms with Gasteiger partial charge < -0.3 is 15.5 Å². The van der Waals surface area contributed by atoms with Crippen LogP contribution in [0.2, 0.25) is 0 Å². The minimum absolute atomic E-state index is 0.00917. The number of hydrogen-bond acceptors (Lipinski definition) is 7. The van der Waals surface area contributed by atoms with Crippen LogP contribution in [0.3, 0.4) is 0 Å². The third-order valence-corrected chi connectivity index (χ3v) is 7.33. The first-order valence-corrected chi connectivity index (χ1v) is 12.8. The molecule has 6 rings (SSSR count). The number of hydrogen-bond donors (Lipinski definition) is 1. The number of halogens is 3. The molecule has 0 aliphatic carbocycles. The quantitative estimate of drug-likeness (QED) is 0.329. The lowest BCUT2D eigenvalue weighted by atomic mass is 10.0. The number of rotatable bonds is 3. The monoisotopic (exact) mass is 559 g/mol. The number of carbonyl (C=O) groups excluding carboxylic acids is 1. The number of benzene rings is 2. The van der Waals surface area contributed by atoms with Crippen molar-refractivity contribution in [1.29, 1.82) is 0 Å². The number of pyridine rings is 2. The Morgan fingerprint density at radius 2 is 1.61 bits per heavy atom. The highest BCUT2D eigenvalue weighted by molar-refractivity contribution is 6.05. The van der Waals surface area contributed by atoms with E-state index < -0.39 is 17.3 Å². The Kier molecular flexibility index (Phi) is 6.32. The molecule has 4 heterocycles. The Labute approximate surface area is 231 Å². The molecule has 5 aromatic rings. The molecule has 0 unspecified atom stereocenters. The maximum atomic E-state index is 14.4. The summed E-state index contributed by atoms with van der Waals surface area (Å²) in [5, 5.41) is 1.16. The largest absolute Gasteiger partial charge is 0.418 e. The van der Waals surface area contributed by atoms with Gasteiger partial charge in [-0.15, -0.1) is 0 Å². The van der Waals surface area contributed by atoms with Crippen LogP contribution >= 0.6 is 0 Å². The fourth-order valence-electron chi connectivity index (χ4n) is 5.26. The highest BCUT2D eigenvalue weighted by Gasteiger charge is 2.36. The van der Waals surface area contributed by atoms with Crippen LogP contribution in [-0.4, -0.2) is 56.5 Å². The number of nitrogens with two attached hydrogens (primary N) is 1. The summed E-state index contributed by atoms with van der Waals surface area (Å²) in [5.41, 5.74) is 6.76. The standard InChI is InChI=1S/C29H24F3N7O2/c1-17(40)37-8-10-38(11-9-37)25-6-4-21(13-23(25)29(30,31)32)39-26(41)7-3-19-14-34-24-5-2-18(12-22(24)27(19)39)20-15-35-28(33)36-16-20/h2-7,12-16H,8-11H2,1H3,(H2,33,35,36). The van der Waals surface area contributed by atoms with Crippen molar-refractivity contribution in [3.63, 3.8) is 0 Å². The van der Waals surface area contributed by atoms with Gasteiger partial charge >= 0.3 is 6.18 Å². The maximum absolute atomic E-state index is 14.4. The van der Waals surface area contributed by atoms with E-state index >= 15 is 0 Å². The first-order valence-electron chi connectivity index (χ1n) is 12.8. The van der Waals surface area contributed by atoms with Gasteiger partial charge in [0.1, 0.15) is 0 Å². The molecule has 0 bridgehead atoms. The molecule has 3 aromatic heterocycles. The molecule has 2 aromatic carbocycles. The van der Waals surface area contributed by atoms with E-state index in [4.69, 9.17) is 5.73 Å². The van der Waals surface area contributed by atoms with Gasteiger partial charge in [0.05, 0.1) is 22.3 Å². The van der Waals surface area contributed by atoms with Crippen LogP contribution in [0.15, 0.2) is 71.9 Å². The molecule has 1 fully saturated rings. The zero-order valence-electron chi connectivity index (χ0n) is 21.9. The van der Waals surface area contributed by atoms with E-state index in [0.717, 1.165) is 11.6 Å². The summed E-state index contributed by atoms with van der Waals surface area (Å²) in [6.45, 7) is 2.64. The molecule has 9 nitrogen and oxygen atoms in total. The number of anilines is 2. The number of fused-ring (bicyclic) bond motifs is 3. The number of nitrogens with zero attached hydrogens (tertiary/aromatic N) is 6. The number of alkyl halides is 3. The van der Waals surface area contributed by atoms with Crippen LogP contribution in [0.1, 0.15) is 12.5 Å². The van der Waals surface area contributed by atoms with Crippen molar-refractivity contribution in [3.8, 4) is 16.8 Å². The summed E-state index contributed by atoms with van der Waals surface area (Å²) < 4.78 is 44.6. The van der Waals surface area contributed by atoms with Crippen molar-refractivity contribution in [2.75, 3.05) is 36.8 Å². The Morgan fingerprint density at radius 1 is 0.878 bits per heavy atom. The van der Waals surface area contributed by atoms with Gasteiger partial charge in [-0.1, -0.05) is 6.07 Å². The molecule has 0 radical (unpaired) electrons. The van der Waals surface area contributed by atoms with E-state index in [-0.39, 0.29) is 36.3 Å². The zero-order valence-corrected chi connectivity index (χ0v) is 21.9. The van der Waals surface area contributed by atoms with Gasteiger partial charge in [-0.05, 0) is 42.0 Å². The number of piperazine rings is 1. The van der Waals surface area contributed by atoms with Gasteiger partial charge in [-0.25, -0.2) is 9.97 Å². The SMILES string of the molecule is CC(=O)N1CCN(c2ccc(-n3c(=O)ccc4cnc5ccc(-c6cnc(N)nc6)cc5c43)cc2C(F)(F)F)CC1. The molecule has 0 saturated carbocycles. The van der Waals surface area contributed by atoms with Crippen LogP contribution in [0.4, 0.5) is 24.8 Å². The molecule has 12 heteroatoms. The highest BCUT2D eigenvalue weighted by Crippen LogP contribution is 2.39. The summed E-state index contributed by atoms with van der Waals surface area (Å²) >= 11 is 0. The smallest absolute Gasteiger partial charge is 0.368 e. The molecular weight excluding hydrogens is 535 g/mol. The van der Waals surface area contributed by atoms with Crippen molar-refractivity contribution in [2.45, 2.75) is 13.1 Å². The summed E-state index contributed by atoms with van der Waals surface area (Å²) in [6.07, 6.45) is 0.0513. The maximum Gasteiger partial charge on any atom is 0.418 e. The molecule has 208 valence electrons. The summed E-state index contributed by atoms with van der Waals surface area (Å²) in [5.74, 6) is 0.0142. The van der Waals surface area contributed by atoms with Gasteiger partial charge in [0, 0.05) is 79.8 Å². The molecular formula is C29H24F3N7O2. The summed E-state index contributed by atoms with van der Waals surface area (Å²) in [7, 11) is 0. The number of aromatic nitrogens is 4. The minimum atomic E-state index is -4.68. The van der Waals surface area contributed by atoms with Crippen LogP contribution in [-0.2, 0) is 11.0 Å². The van der Waals surface area contributed by atoms with E-state index in [1.54, 1.807) is 40.5 Å². The first kappa shape index (κ1) is 26.2. The van der Waals surface area contributed by atoms with Gasteiger partial charge in [0.2, 0.25) is 11.9 Å². The lowest BCUT2D eigenvalue weighted by Gasteiger charge is -2.36. The second kappa shape index (κ2) is 9.88. The third-order valence-electron chi connectivity index (χ3n) is 7.33. The summed E-state index contributed by atoms with van der Waals surface area (Å²) in [6, 6.07) is 12.3. The van der Waals surface area contributed by atoms with Crippen molar-refractivity contribution >= 4 is 39.3 Å². The van der Waals surface area contributed by atoms with E-state index in [9.17, 15) is 22.8 Å². The van der Waals surface area contributed by atoms with Crippen molar-refractivity contribution in [1.82, 2.24) is 24.4 Å². The molecule has 1 saturated heterocycles. The van der Waals surface area contributed by atoms with E-state index in [1.165, 1.54) is 29.7 Å². The van der Waals surface area contributed by atoms with Gasteiger partial charge in [0.25, 0.3) is 5.56 Å². The normalized spacial score (nSPS) is 14.1.